The van der Waals surface area contributed by atoms with Crippen molar-refractivity contribution >= 4 is 15.9 Å². The molecule has 1 aliphatic rings. The SMILES string of the molecule is OC1(c2ccc(Br)cc2)CC[NH+](Cc2cccc(OCc3ccccc3)c2)CC1. The predicted octanol–water partition coefficient (Wildman–Crippen LogP) is 4.09. The van der Waals surface area contributed by atoms with Crippen molar-refractivity contribution in [3.8, 4) is 5.75 Å². The van der Waals surface area contributed by atoms with E-state index < -0.39 is 5.60 Å². The smallest absolute Gasteiger partial charge is 0.120 e. The Bertz CT molecular complexity index is 919. The van der Waals surface area contributed by atoms with Crippen molar-refractivity contribution in [3.05, 3.63) is 100 Å². The molecule has 1 heterocycles. The number of hydrogen-bond donors (Lipinski definition) is 2. The van der Waals surface area contributed by atoms with Gasteiger partial charge in [-0.1, -0.05) is 70.5 Å². The molecule has 0 spiro atoms. The molecule has 4 heteroatoms. The van der Waals surface area contributed by atoms with E-state index in [2.05, 4.69) is 46.3 Å². The molecular formula is C25H27BrNO2+. The molecule has 0 amide bonds. The molecule has 0 radical (unpaired) electrons. The molecule has 1 aliphatic heterocycles. The zero-order valence-electron chi connectivity index (χ0n) is 16.5. The summed E-state index contributed by atoms with van der Waals surface area (Å²) in [5.41, 5.74) is 2.77. The van der Waals surface area contributed by atoms with Crippen LogP contribution in [0.5, 0.6) is 5.75 Å². The summed E-state index contributed by atoms with van der Waals surface area (Å²) < 4.78 is 7.01. The first-order valence-corrected chi connectivity index (χ1v) is 11.0. The van der Waals surface area contributed by atoms with E-state index in [0.717, 1.165) is 48.3 Å². The molecule has 1 saturated heterocycles. The Morgan fingerprint density at radius 2 is 1.55 bits per heavy atom. The van der Waals surface area contributed by atoms with Crippen LogP contribution in [0.4, 0.5) is 0 Å². The van der Waals surface area contributed by atoms with Gasteiger partial charge in [0.1, 0.15) is 24.5 Å². The van der Waals surface area contributed by atoms with Crippen molar-refractivity contribution in [2.75, 3.05) is 13.1 Å². The molecule has 0 aromatic heterocycles. The van der Waals surface area contributed by atoms with E-state index in [0.29, 0.717) is 6.61 Å². The maximum atomic E-state index is 11.1. The van der Waals surface area contributed by atoms with E-state index in [4.69, 9.17) is 4.74 Å². The highest BCUT2D eigenvalue weighted by Gasteiger charge is 2.36. The molecule has 0 aliphatic carbocycles. The molecule has 0 unspecified atom stereocenters. The molecule has 4 rings (SSSR count). The fourth-order valence-corrected chi connectivity index (χ4v) is 4.28. The zero-order chi connectivity index (χ0) is 20.1. The van der Waals surface area contributed by atoms with Crippen molar-refractivity contribution in [1.82, 2.24) is 0 Å². The van der Waals surface area contributed by atoms with Crippen LogP contribution in [0.25, 0.3) is 0 Å². The predicted molar refractivity (Wildman–Crippen MR) is 119 cm³/mol. The van der Waals surface area contributed by atoms with Crippen LogP contribution in [0.2, 0.25) is 0 Å². The first-order chi connectivity index (χ1) is 14.1. The molecule has 1 fully saturated rings. The normalized spacial score (nSPS) is 21.7. The summed E-state index contributed by atoms with van der Waals surface area (Å²) in [7, 11) is 0. The lowest BCUT2D eigenvalue weighted by Crippen LogP contribution is -3.12. The van der Waals surface area contributed by atoms with Gasteiger partial charge in [0, 0.05) is 22.9 Å². The van der Waals surface area contributed by atoms with Crippen LogP contribution in [0, 0.1) is 0 Å². The Morgan fingerprint density at radius 3 is 2.28 bits per heavy atom. The van der Waals surface area contributed by atoms with Gasteiger partial charge in [-0.3, -0.25) is 0 Å². The molecule has 0 bridgehead atoms. The summed E-state index contributed by atoms with van der Waals surface area (Å²) in [5.74, 6) is 0.911. The van der Waals surface area contributed by atoms with Crippen molar-refractivity contribution in [3.63, 3.8) is 0 Å². The van der Waals surface area contributed by atoms with Crippen LogP contribution in [0.1, 0.15) is 29.5 Å². The summed E-state index contributed by atoms with van der Waals surface area (Å²) in [6, 6.07) is 26.7. The number of nitrogens with one attached hydrogen (secondary N) is 1. The average molecular weight is 453 g/mol. The summed E-state index contributed by atoms with van der Waals surface area (Å²) in [5, 5.41) is 11.1. The maximum absolute atomic E-state index is 11.1. The molecule has 3 nitrogen and oxygen atoms in total. The summed E-state index contributed by atoms with van der Waals surface area (Å²) in [6.45, 7) is 3.46. The number of quaternary nitrogens is 1. The fourth-order valence-electron chi connectivity index (χ4n) is 4.02. The Balaban J connectivity index is 1.33. The minimum absolute atomic E-state index is 0.584. The number of piperidine rings is 1. The molecule has 3 aromatic rings. The highest BCUT2D eigenvalue weighted by molar-refractivity contribution is 9.10. The minimum Gasteiger partial charge on any atom is -0.489 e. The largest absolute Gasteiger partial charge is 0.489 e. The quantitative estimate of drug-likeness (QED) is 0.590. The maximum Gasteiger partial charge on any atom is 0.120 e. The van der Waals surface area contributed by atoms with E-state index in [-0.39, 0.29) is 0 Å². The number of rotatable bonds is 6. The first kappa shape index (κ1) is 20.1. The number of ether oxygens (including phenoxy) is 1. The van der Waals surface area contributed by atoms with Crippen molar-refractivity contribution in [2.24, 2.45) is 0 Å². The van der Waals surface area contributed by atoms with E-state index >= 15 is 0 Å². The number of aliphatic hydroxyl groups is 1. The topological polar surface area (TPSA) is 33.9 Å². The summed E-state index contributed by atoms with van der Waals surface area (Å²) in [4.78, 5) is 1.51. The molecular weight excluding hydrogens is 426 g/mol. The second-order valence-electron chi connectivity index (χ2n) is 7.89. The molecule has 0 atom stereocenters. The van der Waals surface area contributed by atoms with Crippen LogP contribution < -0.4 is 9.64 Å². The third kappa shape index (κ3) is 5.27. The van der Waals surface area contributed by atoms with Gasteiger partial charge in [-0.25, -0.2) is 0 Å². The fraction of sp³-hybridized carbons (Fsp3) is 0.280. The lowest BCUT2D eigenvalue weighted by atomic mass is 9.84. The molecule has 3 aromatic carbocycles. The lowest BCUT2D eigenvalue weighted by molar-refractivity contribution is -0.921. The first-order valence-electron chi connectivity index (χ1n) is 10.2. The molecule has 0 saturated carbocycles. The van der Waals surface area contributed by atoms with Crippen molar-refractivity contribution in [1.29, 1.82) is 0 Å². The summed E-state index contributed by atoms with van der Waals surface area (Å²) in [6.07, 6.45) is 1.57. The Kier molecular flexibility index (Phi) is 6.34. The van der Waals surface area contributed by atoms with Crippen molar-refractivity contribution < 1.29 is 14.7 Å². The molecule has 2 N–H and O–H groups in total. The Labute approximate surface area is 181 Å². The van der Waals surface area contributed by atoms with Gasteiger partial charge in [0.25, 0.3) is 0 Å². The van der Waals surface area contributed by atoms with E-state index in [1.165, 1.54) is 16.0 Å². The second-order valence-corrected chi connectivity index (χ2v) is 8.80. The van der Waals surface area contributed by atoms with Gasteiger partial charge in [-0.15, -0.1) is 0 Å². The van der Waals surface area contributed by atoms with Gasteiger partial charge in [-0.05, 0) is 35.4 Å². The molecule has 29 heavy (non-hydrogen) atoms. The van der Waals surface area contributed by atoms with Crippen LogP contribution in [-0.4, -0.2) is 18.2 Å². The van der Waals surface area contributed by atoms with Crippen LogP contribution >= 0.6 is 15.9 Å². The number of hydrogen-bond acceptors (Lipinski definition) is 2. The third-order valence-corrected chi connectivity index (χ3v) is 6.30. The standard InChI is InChI=1S/C25H26BrNO2/c26-23-11-9-22(10-12-23)25(28)13-15-27(16-14-25)18-21-7-4-8-24(17-21)29-19-20-5-2-1-3-6-20/h1-12,17,28H,13-16,18-19H2/p+1. The van der Waals surface area contributed by atoms with Gasteiger partial charge >= 0.3 is 0 Å². The van der Waals surface area contributed by atoms with Gasteiger partial charge < -0.3 is 14.7 Å². The third-order valence-electron chi connectivity index (χ3n) is 5.77. The van der Waals surface area contributed by atoms with Gasteiger partial charge in [0.15, 0.2) is 0 Å². The van der Waals surface area contributed by atoms with E-state index in [1.54, 1.807) is 0 Å². The Hall–Kier alpha value is -2.14. The minimum atomic E-state index is -0.704. The summed E-state index contributed by atoms with van der Waals surface area (Å²) >= 11 is 3.47. The monoisotopic (exact) mass is 452 g/mol. The highest BCUT2D eigenvalue weighted by atomic mass is 79.9. The van der Waals surface area contributed by atoms with E-state index in [9.17, 15) is 5.11 Å². The number of halogens is 1. The molecule has 150 valence electrons. The van der Waals surface area contributed by atoms with E-state index in [1.807, 2.05) is 48.5 Å². The van der Waals surface area contributed by atoms with Gasteiger partial charge in [-0.2, -0.15) is 0 Å². The highest BCUT2D eigenvalue weighted by Crippen LogP contribution is 2.30. The number of benzene rings is 3. The lowest BCUT2D eigenvalue weighted by Gasteiger charge is -2.36. The van der Waals surface area contributed by atoms with Gasteiger partial charge in [0.2, 0.25) is 0 Å². The van der Waals surface area contributed by atoms with Crippen molar-refractivity contribution in [2.45, 2.75) is 31.6 Å². The van der Waals surface area contributed by atoms with Crippen LogP contribution in [0.3, 0.4) is 0 Å². The number of likely N-dealkylation sites (tertiary alicyclic amines) is 1. The second kappa shape index (κ2) is 9.12. The van der Waals surface area contributed by atoms with Crippen LogP contribution in [-0.2, 0) is 18.8 Å². The average Bonchev–Trinajstić information content (AvgIpc) is 2.75. The van der Waals surface area contributed by atoms with Gasteiger partial charge in [0.05, 0.1) is 13.1 Å². The zero-order valence-corrected chi connectivity index (χ0v) is 18.1. The Morgan fingerprint density at radius 1 is 0.862 bits per heavy atom. The van der Waals surface area contributed by atoms with Crippen LogP contribution in [0.15, 0.2) is 83.3 Å².